The number of urea groups is 2. The minimum absolute atomic E-state index is 0.0275. The molecule has 81 heavy (non-hydrogen) atoms. The molecule has 10 atom stereocenters. The summed E-state index contributed by atoms with van der Waals surface area (Å²) in [5, 5.41) is 24.6. The first-order valence-corrected chi connectivity index (χ1v) is 28.9. The van der Waals surface area contributed by atoms with Crippen molar-refractivity contribution < 1.29 is 66.8 Å². The monoisotopic (exact) mass is 1200 g/mol. The topological polar surface area (TPSA) is 337 Å². The van der Waals surface area contributed by atoms with Crippen molar-refractivity contribution in [2.45, 2.75) is 174 Å². The zero-order valence-corrected chi connectivity index (χ0v) is 49.2. The van der Waals surface area contributed by atoms with Gasteiger partial charge in [-0.1, -0.05) is 79.1 Å². The van der Waals surface area contributed by atoms with Gasteiger partial charge in [-0.3, -0.25) is 28.8 Å². The molecule has 0 bridgehead atoms. The van der Waals surface area contributed by atoms with Crippen molar-refractivity contribution in [2.75, 3.05) is 43.6 Å². The van der Waals surface area contributed by atoms with E-state index in [0.29, 0.717) is 69.3 Å². The lowest BCUT2D eigenvalue weighted by Crippen LogP contribution is -2.54. The summed E-state index contributed by atoms with van der Waals surface area (Å²) in [6, 6.07) is 3.09. The molecule has 10 amide bonds. The Morgan fingerprint density at radius 2 is 1.57 bits per heavy atom. The highest BCUT2D eigenvalue weighted by molar-refractivity contribution is 9.09. The maximum absolute atomic E-state index is 13.6. The number of esters is 1. The number of alkyl carbamates (subject to hydrolysis) is 1. The number of benzene rings is 1. The van der Waals surface area contributed by atoms with Gasteiger partial charge in [0.15, 0.2) is 0 Å². The molecule has 25 heteroatoms. The summed E-state index contributed by atoms with van der Waals surface area (Å²) < 4.78 is 28.9. The van der Waals surface area contributed by atoms with E-state index in [-0.39, 0.29) is 110 Å². The second-order valence-electron chi connectivity index (χ2n) is 21.2. The second kappa shape index (κ2) is 34.7. The Labute approximate surface area is 483 Å². The molecule has 0 aliphatic carbocycles. The van der Waals surface area contributed by atoms with Crippen molar-refractivity contribution in [3.63, 3.8) is 0 Å². The van der Waals surface area contributed by atoms with Gasteiger partial charge in [-0.15, -0.1) is 0 Å². The fraction of sp³-hybridized carbons (Fsp3) is 0.625. The number of hydrogen-bond acceptors (Lipinski definition) is 14. The summed E-state index contributed by atoms with van der Waals surface area (Å²) >= 11 is 3.09. The number of ether oxygens (including phenoxy) is 5. The molecule has 0 unspecified atom stereocenters. The first-order chi connectivity index (χ1) is 38.5. The quantitative estimate of drug-likeness (QED) is 0.00945. The van der Waals surface area contributed by atoms with Crippen LogP contribution in [0.25, 0.3) is 0 Å². The number of alkyl halides is 1. The summed E-state index contributed by atoms with van der Waals surface area (Å²) in [5.41, 5.74) is 6.92. The van der Waals surface area contributed by atoms with Crippen LogP contribution >= 0.6 is 15.9 Å². The number of hydrogen-bond donors (Lipinski definition) is 10. The molecule has 0 aromatic heterocycles. The lowest BCUT2D eigenvalue weighted by atomic mass is 9.88. The average molecular weight is 1200 g/mol. The molecule has 3 saturated heterocycles. The van der Waals surface area contributed by atoms with Gasteiger partial charge in [0.2, 0.25) is 29.5 Å². The molecule has 3 aliphatic rings. The summed E-state index contributed by atoms with van der Waals surface area (Å²) in [6.07, 6.45) is 12.3. The average Bonchev–Trinajstić information content (AvgIpc) is 4.27. The molecular formula is C56H85BrN10O14. The third-order valence-electron chi connectivity index (χ3n) is 13.7. The Hall–Kier alpha value is -6.57. The summed E-state index contributed by atoms with van der Waals surface area (Å²) in [4.78, 5) is 111. The SMILES string of the molecule is CC(=O)O[C@@H](C)/C=C\C(=O)N[C@@H]1C[C@H](C)[C@H](C/C=C(C)/C=C/[C@@H]2C[C@]3(CO3)C[C@@H](CNC(=O)NCNC(=O)OCc3ccc(NC(=O)[C@H](CCCNC(N)=O)NC(=O)[C@@H](NC(=O)CCCCCNC(=O)CBr)C(C)C)cc3)O2)O[C@@H]1C. The normalized spacial score (nSPS) is 22.6. The van der Waals surface area contributed by atoms with Crippen LogP contribution in [0.15, 0.2) is 60.2 Å². The molecule has 11 N–H and O–H groups in total. The van der Waals surface area contributed by atoms with Gasteiger partial charge in [0.1, 0.15) is 24.8 Å². The molecule has 3 aliphatic heterocycles. The van der Waals surface area contributed by atoms with Crippen molar-refractivity contribution >= 4 is 75.3 Å². The number of primary amides is 1. The molecule has 3 heterocycles. The number of anilines is 1. The third-order valence-corrected chi connectivity index (χ3v) is 14.2. The summed E-state index contributed by atoms with van der Waals surface area (Å²) in [7, 11) is 0. The molecule has 1 spiro atoms. The number of epoxide rings is 1. The molecule has 4 rings (SSSR count). The van der Waals surface area contributed by atoms with Gasteiger partial charge < -0.3 is 77.3 Å². The Morgan fingerprint density at radius 3 is 2.25 bits per heavy atom. The first kappa shape index (κ1) is 66.9. The standard InChI is InChI=1S/C56H85BrN10O14/c1-34(2)50(67-47(69)13-9-8-10-24-59-49(71)29-57)52(73)66-44(12-11-25-60-53(58)74)51(72)64-41-19-17-40(18-20-41)31-77-55(76)63-33-62-54(75)61-30-43-28-56(32-78-56)27-42(81-43)21-14-35(3)15-22-46-36(4)26-45(38(6)80-46)65-48(70)23-16-37(5)79-39(7)68/h14-21,23,34,36-38,42-46,50H,8-13,22,24-33H2,1-7H3,(H,59,71)(H,63,76)(H,64,72)(H,65,70)(H,66,73)(H,67,69)(H3,58,60,74)(H2,61,62,75)/b21-14+,23-16-,35-15+/t36-,37-,38+,42+,43-,44-,45+,46-,50-,56+/m0/s1. The van der Waals surface area contributed by atoms with Crippen LogP contribution in [-0.2, 0) is 59.1 Å². The Balaban J connectivity index is 1.15. The molecule has 1 aromatic rings. The first-order valence-electron chi connectivity index (χ1n) is 27.8. The van der Waals surface area contributed by atoms with Crippen LogP contribution < -0.4 is 53.6 Å². The lowest BCUT2D eigenvalue weighted by Gasteiger charge is -2.39. The minimum Gasteiger partial charge on any atom is -0.459 e. The lowest BCUT2D eigenvalue weighted by molar-refractivity contribution is -0.143. The van der Waals surface area contributed by atoms with E-state index < -0.39 is 54.1 Å². The van der Waals surface area contributed by atoms with Gasteiger partial charge in [0.05, 0.1) is 54.7 Å². The van der Waals surface area contributed by atoms with E-state index in [4.69, 9.17) is 29.4 Å². The van der Waals surface area contributed by atoms with Gasteiger partial charge >= 0.3 is 24.1 Å². The van der Waals surface area contributed by atoms with Crippen LogP contribution in [0.5, 0.6) is 0 Å². The zero-order chi connectivity index (χ0) is 59.5. The van der Waals surface area contributed by atoms with Crippen LogP contribution in [0.1, 0.15) is 118 Å². The second-order valence-corrected chi connectivity index (χ2v) is 21.7. The van der Waals surface area contributed by atoms with Gasteiger partial charge in [-0.05, 0) is 94.9 Å². The number of amides is 10. The number of nitrogens with two attached hydrogens (primary N) is 1. The van der Waals surface area contributed by atoms with Crippen molar-refractivity contribution in [1.82, 2.24) is 42.5 Å². The van der Waals surface area contributed by atoms with Gasteiger partial charge in [-0.2, -0.15) is 0 Å². The number of allylic oxidation sites excluding steroid dienone is 2. The predicted octanol–water partition coefficient (Wildman–Crippen LogP) is 4.27. The fourth-order valence-corrected chi connectivity index (χ4v) is 9.35. The van der Waals surface area contributed by atoms with E-state index in [1.807, 2.05) is 26.0 Å². The van der Waals surface area contributed by atoms with Crippen molar-refractivity contribution in [3.05, 3.63) is 65.8 Å². The van der Waals surface area contributed by atoms with Crippen LogP contribution in [0.2, 0.25) is 0 Å². The molecule has 24 nitrogen and oxygen atoms in total. The van der Waals surface area contributed by atoms with E-state index >= 15 is 0 Å². The third kappa shape index (κ3) is 26.3. The highest BCUT2D eigenvalue weighted by atomic mass is 79.9. The van der Waals surface area contributed by atoms with Crippen LogP contribution in [0, 0.1) is 11.8 Å². The minimum atomic E-state index is -1.04. The van der Waals surface area contributed by atoms with E-state index in [2.05, 4.69) is 76.8 Å². The van der Waals surface area contributed by atoms with Gasteiger partial charge in [-0.25, -0.2) is 14.4 Å². The van der Waals surface area contributed by atoms with Crippen LogP contribution in [-0.4, -0.2) is 146 Å². The van der Waals surface area contributed by atoms with Crippen LogP contribution in [0.4, 0.5) is 20.1 Å². The molecule has 450 valence electrons. The Morgan fingerprint density at radius 1 is 0.840 bits per heavy atom. The van der Waals surface area contributed by atoms with E-state index in [1.165, 1.54) is 13.0 Å². The Bertz CT molecular complexity index is 2370. The van der Waals surface area contributed by atoms with Gasteiger partial charge in [0.25, 0.3) is 0 Å². The highest BCUT2D eigenvalue weighted by Gasteiger charge is 2.51. The van der Waals surface area contributed by atoms with Crippen molar-refractivity contribution in [2.24, 2.45) is 17.6 Å². The van der Waals surface area contributed by atoms with Gasteiger partial charge in [0, 0.05) is 57.6 Å². The number of nitrogens with one attached hydrogen (secondary N) is 9. The van der Waals surface area contributed by atoms with E-state index in [0.717, 1.165) is 12.0 Å². The smallest absolute Gasteiger partial charge is 0.408 e. The Kier molecular flexibility index (Phi) is 28.6. The number of halogens is 1. The van der Waals surface area contributed by atoms with E-state index in [1.54, 1.807) is 51.1 Å². The molecule has 0 saturated carbocycles. The largest absolute Gasteiger partial charge is 0.459 e. The number of carbonyl (C=O) groups excluding carboxylic acids is 9. The highest BCUT2D eigenvalue weighted by Crippen LogP contribution is 2.42. The molecule has 0 radical (unpaired) electrons. The fourth-order valence-electron chi connectivity index (χ4n) is 9.15. The van der Waals surface area contributed by atoms with Crippen molar-refractivity contribution in [3.8, 4) is 0 Å². The maximum Gasteiger partial charge on any atom is 0.408 e. The summed E-state index contributed by atoms with van der Waals surface area (Å²) in [6.45, 7) is 13.8. The number of rotatable bonds is 31. The molecule has 3 fully saturated rings. The van der Waals surface area contributed by atoms with Crippen LogP contribution in [0.3, 0.4) is 0 Å². The molecular weight excluding hydrogens is 1120 g/mol. The molecule has 1 aromatic carbocycles. The zero-order valence-electron chi connectivity index (χ0n) is 47.7. The number of unbranched alkanes of at least 4 members (excludes halogenated alkanes) is 2. The van der Waals surface area contributed by atoms with Crippen molar-refractivity contribution in [1.29, 1.82) is 0 Å². The summed E-state index contributed by atoms with van der Waals surface area (Å²) in [5.74, 6) is -2.33. The predicted molar refractivity (Wildman–Crippen MR) is 305 cm³/mol. The number of carbonyl (C=O) groups is 9. The van der Waals surface area contributed by atoms with E-state index in [9.17, 15) is 43.2 Å². The maximum atomic E-state index is 13.6.